The number of halogens is 3. The summed E-state index contributed by atoms with van der Waals surface area (Å²) in [4.78, 5) is 7.67. The van der Waals surface area contributed by atoms with Crippen LogP contribution in [-0.4, -0.2) is 78.5 Å². The lowest BCUT2D eigenvalue weighted by Crippen LogP contribution is -2.32. The van der Waals surface area contributed by atoms with Crippen molar-refractivity contribution in [3.8, 4) is 11.5 Å². The van der Waals surface area contributed by atoms with Crippen LogP contribution in [0.1, 0.15) is 17.8 Å². The fourth-order valence-electron chi connectivity index (χ4n) is 3.97. The largest absolute Gasteiger partial charge is 0.493 e. The molecule has 0 aliphatic heterocycles. The number of hydrogen-bond acceptors (Lipinski definition) is 6. The van der Waals surface area contributed by atoms with Gasteiger partial charge in [-0.2, -0.15) is 13.2 Å². The highest BCUT2D eigenvalue weighted by Crippen LogP contribution is 2.32. The zero-order valence-corrected chi connectivity index (χ0v) is 20.5. The van der Waals surface area contributed by atoms with Crippen LogP contribution in [0.15, 0.2) is 42.5 Å². The summed E-state index contributed by atoms with van der Waals surface area (Å²) in [5.74, 6) is 0.261. The van der Waals surface area contributed by atoms with Gasteiger partial charge in [-0.25, -0.2) is 4.98 Å². The predicted molar refractivity (Wildman–Crippen MR) is 129 cm³/mol. The highest BCUT2D eigenvalue weighted by molar-refractivity contribution is 5.76. The second-order valence-corrected chi connectivity index (χ2v) is 8.87. The molecule has 192 valence electrons. The summed E-state index contributed by atoms with van der Waals surface area (Å²) in [6.07, 6.45) is -4.75. The maximum absolute atomic E-state index is 13.5. The minimum absolute atomic E-state index is 0.176. The second kappa shape index (κ2) is 11.7. The van der Waals surface area contributed by atoms with Gasteiger partial charge in [0.25, 0.3) is 0 Å². The van der Waals surface area contributed by atoms with Crippen LogP contribution in [0.2, 0.25) is 0 Å². The van der Waals surface area contributed by atoms with Crippen LogP contribution in [0.5, 0.6) is 11.5 Å². The molecule has 0 aliphatic rings. The van der Waals surface area contributed by atoms with E-state index >= 15 is 0 Å². The number of likely N-dealkylation sites (N-methyl/N-ethyl adjacent to an activating group) is 1. The quantitative estimate of drug-likeness (QED) is 0.386. The van der Waals surface area contributed by atoms with E-state index in [2.05, 4.69) is 9.88 Å². The molecule has 1 N–H and O–H groups in total. The number of fused-ring (bicyclic) bond motifs is 1. The normalized spacial score (nSPS) is 13.1. The van der Waals surface area contributed by atoms with Gasteiger partial charge in [0.2, 0.25) is 5.82 Å². The third-order valence-corrected chi connectivity index (χ3v) is 5.51. The summed E-state index contributed by atoms with van der Waals surface area (Å²) >= 11 is 0. The van der Waals surface area contributed by atoms with Crippen molar-refractivity contribution in [3.63, 3.8) is 0 Å². The third kappa shape index (κ3) is 7.33. The van der Waals surface area contributed by atoms with E-state index < -0.39 is 18.1 Å². The van der Waals surface area contributed by atoms with Crippen molar-refractivity contribution in [3.05, 3.63) is 53.9 Å². The average Bonchev–Trinajstić information content (AvgIpc) is 3.16. The Labute approximate surface area is 203 Å². The number of para-hydroxylation sites is 2. The van der Waals surface area contributed by atoms with E-state index in [9.17, 15) is 18.3 Å². The first-order valence-corrected chi connectivity index (χ1v) is 11.4. The number of aromatic nitrogens is 2. The number of aliphatic hydroxyl groups excluding tert-OH is 1. The van der Waals surface area contributed by atoms with Crippen molar-refractivity contribution < 1.29 is 27.8 Å². The van der Waals surface area contributed by atoms with Gasteiger partial charge in [-0.15, -0.1) is 0 Å². The molecule has 1 heterocycles. The van der Waals surface area contributed by atoms with E-state index in [1.807, 2.05) is 37.2 Å². The van der Waals surface area contributed by atoms with E-state index in [1.54, 1.807) is 32.4 Å². The summed E-state index contributed by atoms with van der Waals surface area (Å²) < 4.78 is 52.9. The number of nitrogens with zero attached hydrogens (tertiary/aromatic N) is 4. The van der Waals surface area contributed by atoms with Gasteiger partial charge in [0.1, 0.15) is 0 Å². The van der Waals surface area contributed by atoms with Gasteiger partial charge < -0.3 is 24.0 Å². The van der Waals surface area contributed by atoms with Crippen LogP contribution in [0.25, 0.3) is 11.0 Å². The summed E-state index contributed by atoms with van der Waals surface area (Å²) in [5, 5.41) is 10.6. The van der Waals surface area contributed by atoms with Crippen LogP contribution in [0.4, 0.5) is 13.2 Å². The molecule has 0 radical (unpaired) electrons. The molecule has 35 heavy (non-hydrogen) atoms. The smallest absolute Gasteiger partial charge is 0.449 e. The maximum atomic E-state index is 13.5. The zero-order chi connectivity index (χ0) is 25.6. The first-order valence-electron chi connectivity index (χ1n) is 11.4. The molecule has 0 aliphatic carbocycles. The summed E-state index contributed by atoms with van der Waals surface area (Å²) in [6, 6.07) is 12.0. The highest BCUT2D eigenvalue weighted by Gasteiger charge is 2.38. The fourth-order valence-corrected chi connectivity index (χ4v) is 3.97. The van der Waals surface area contributed by atoms with Crippen molar-refractivity contribution in [1.29, 1.82) is 0 Å². The molecule has 1 atom stereocenters. The molecule has 7 nitrogen and oxygen atoms in total. The Morgan fingerprint density at radius 2 is 1.83 bits per heavy atom. The van der Waals surface area contributed by atoms with Crippen LogP contribution >= 0.6 is 0 Å². The molecule has 10 heteroatoms. The Bertz CT molecular complexity index is 1100. The van der Waals surface area contributed by atoms with E-state index in [0.717, 1.165) is 23.1 Å². The summed E-state index contributed by atoms with van der Waals surface area (Å²) in [6.45, 7) is 1.93. The summed E-state index contributed by atoms with van der Waals surface area (Å²) in [7, 11) is 7.40. The van der Waals surface area contributed by atoms with Crippen molar-refractivity contribution in [2.45, 2.75) is 31.8 Å². The van der Waals surface area contributed by atoms with Crippen LogP contribution in [0, 0.1) is 0 Å². The highest BCUT2D eigenvalue weighted by atomic mass is 19.4. The van der Waals surface area contributed by atoms with Crippen molar-refractivity contribution in [2.24, 2.45) is 0 Å². The molecule has 1 unspecified atom stereocenters. The standard InChI is InChI=1S/C25H33F3N4O3/c1-30(2)12-7-13-35-22-11-10-18(14-23(22)34-4)15-31(3)16-19(33)17-32-21-9-6-5-8-20(21)29-24(32)25(26,27)28/h5-6,8-11,14,19,33H,7,12-13,15-17H2,1-4H3. The molecule has 0 bridgehead atoms. The lowest BCUT2D eigenvalue weighted by atomic mass is 10.2. The van der Waals surface area contributed by atoms with Crippen LogP contribution in [-0.2, 0) is 19.3 Å². The Hall–Kier alpha value is -2.82. The van der Waals surface area contributed by atoms with Gasteiger partial charge in [0.05, 0.1) is 37.4 Å². The minimum atomic E-state index is -4.61. The molecular formula is C25H33F3N4O3. The lowest BCUT2D eigenvalue weighted by Gasteiger charge is -2.22. The number of hydrogen-bond donors (Lipinski definition) is 1. The zero-order valence-electron chi connectivity index (χ0n) is 20.5. The number of rotatable bonds is 12. The van der Waals surface area contributed by atoms with Crippen molar-refractivity contribution in [1.82, 2.24) is 19.4 Å². The molecule has 0 saturated heterocycles. The number of benzene rings is 2. The van der Waals surface area contributed by atoms with Gasteiger partial charge in [-0.3, -0.25) is 4.90 Å². The van der Waals surface area contributed by atoms with E-state index in [-0.39, 0.29) is 18.6 Å². The Kier molecular flexibility index (Phi) is 8.98. The van der Waals surface area contributed by atoms with Crippen LogP contribution < -0.4 is 9.47 Å². The van der Waals surface area contributed by atoms with Crippen LogP contribution in [0.3, 0.4) is 0 Å². The maximum Gasteiger partial charge on any atom is 0.449 e. The van der Waals surface area contributed by atoms with Gasteiger partial charge in [0.15, 0.2) is 11.5 Å². The van der Waals surface area contributed by atoms with Gasteiger partial charge in [-0.05, 0) is 57.4 Å². The number of alkyl halides is 3. The fraction of sp³-hybridized carbons (Fsp3) is 0.480. The first-order chi connectivity index (χ1) is 16.6. The van der Waals surface area contributed by atoms with E-state index in [1.165, 1.54) is 6.07 Å². The van der Waals surface area contributed by atoms with Gasteiger partial charge in [0, 0.05) is 19.6 Å². The predicted octanol–water partition coefficient (Wildman–Crippen LogP) is 3.89. The number of aliphatic hydroxyl groups is 1. The van der Waals surface area contributed by atoms with Crippen molar-refractivity contribution >= 4 is 11.0 Å². The van der Waals surface area contributed by atoms with Gasteiger partial charge >= 0.3 is 6.18 Å². The molecule has 0 saturated carbocycles. The minimum Gasteiger partial charge on any atom is -0.493 e. The topological polar surface area (TPSA) is 63.0 Å². The van der Waals surface area contributed by atoms with E-state index in [4.69, 9.17) is 9.47 Å². The monoisotopic (exact) mass is 494 g/mol. The molecule has 0 fully saturated rings. The summed E-state index contributed by atoms with van der Waals surface area (Å²) in [5.41, 5.74) is 1.52. The SMILES string of the molecule is COc1cc(CN(C)CC(O)Cn2c(C(F)(F)F)nc3ccccc32)ccc1OCCCN(C)C. The molecule has 3 rings (SSSR count). The molecule has 0 amide bonds. The van der Waals surface area contributed by atoms with Crippen molar-refractivity contribution in [2.75, 3.05) is 47.9 Å². The third-order valence-electron chi connectivity index (χ3n) is 5.51. The number of imidazole rings is 1. The molecule has 1 aromatic heterocycles. The lowest BCUT2D eigenvalue weighted by molar-refractivity contribution is -0.147. The number of methoxy groups -OCH3 is 1. The Morgan fingerprint density at radius 3 is 2.51 bits per heavy atom. The first kappa shape index (κ1) is 26.8. The Morgan fingerprint density at radius 1 is 1.09 bits per heavy atom. The molecular weight excluding hydrogens is 461 g/mol. The molecule has 2 aromatic carbocycles. The Balaban J connectivity index is 1.62. The van der Waals surface area contributed by atoms with Gasteiger partial charge in [-0.1, -0.05) is 18.2 Å². The molecule has 3 aromatic rings. The second-order valence-electron chi connectivity index (χ2n) is 8.87. The van der Waals surface area contributed by atoms with E-state index in [0.29, 0.717) is 30.2 Å². The molecule has 0 spiro atoms. The average molecular weight is 495 g/mol. The number of ether oxygens (including phenoxy) is 2.